The van der Waals surface area contributed by atoms with Crippen LogP contribution in [-0.2, 0) is 0 Å². The first-order chi connectivity index (χ1) is 8.97. The predicted octanol–water partition coefficient (Wildman–Crippen LogP) is 5.37. The maximum atomic E-state index is 9.58. The summed E-state index contributed by atoms with van der Waals surface area (Å²) < 4.78 is 7.58. The van der Waals surface area contributed by atoms with Crippen molar-refractivity contribution in [2.45, 2.75) is 20.0 Å². The van der Waals surface area contributed by atoms with Gasteiger partial charge in [-0.3, -0.25) is 0 Å². The van der Waals surface area contributed by atoms with Gasteiger partial charge in [0.25, 0.3) is 0 Å². The van der Waals surface area contributed by atoms with Gasteiger partial charge in [-0.15, -0.1) is 0 Å². The van der Waals surface area contributed by atoms with Crippen molar-refractivity contribution in [1.82, 2.24) is 0 Å². The zero-order valence-corrected chi connectivity index (χ0v) is 13.8. The van der Waals surface area contributed by atoms with Gasteiger partial charge in [-0.1, -0.05) is 28.1 Å². The monoisotopic (exact) mass is 384 g/mol. The fraction of sp³-hybridized carbons (Fsp3) is 0.200. The van der Waals surface area contributed by atoms with E-state index in [0.717, 1.165) is 26.0 Å². The smallest absolute Gasteiger partial charge is 0.141 e. The van der Waals surface area contributed by atoms with E-state index in [4.69, 9.17) is 4.74 Å². The minimum atomic E-state index is -0.505. The largest absolute Gasteiger partial charge is 0.456 e. The molecule has 0 aliphatic rings. The number of rotatable bonds is 3. The van der Waals surface area contributed by atoms with Gasteiger partial charge in [-0.2, -0.15) is 0 Å². The van der Waals surface area contributed by atoms with Gasteiger partial charge >= 0.3 is 0 Å². The average Bonchev–Trinajstić information content (AvgIpc) is 2.32. The van der Waals surface area contributed by atoms with Crippen LogP contribution in [-0.4, -0.2) is 5.11 Å². The van der Waals surface area contributed by atoms with Gasteiger partial charge in [-0.05, 0) is 65.2 Å². The maximum absolute atomic E-state index is 9.58. The van der Waals surface area contributed by atoms with E-state index in [9.17, 15) is 5.11 Å². The second-order valence-corrected chi connectivity index (χ2v) is 6.10. The Morgan fingerprint density at radius 3 is 2.37 bits per heavy atom. The number of hydrogen-bond acceptors (Lipinski definition) is 2. The van der Waals surface area contributed by atoms with Crippen molar-refractivity contribution in [1.29, 1.82) is 0 Å². The van der Waals surface area contributed by atoms with E-state index in [0.29, 0.717) is 0 Å². The molecule has 0 spiro atoms. The van der Waals surface area contributed by atoms with E-state index in [1.54, 1.807) is 6.92 Å². The van der Waals surface area contributed by atoms with Crippen LogP contribution in [0, 0.1) is 6.92 Å². The summed E-state index contributed by atoms with van der Waals surface area (Å²) in [5.74, 6) is 1.49. The Hall–Kier alpha value is -0.840. The summed E-state index contributed by atoms with van der Waals surface area (Å²) in [4.78, 5) is 0. The molecule has 1 unspecified atom stereocenters. The summed E-state index contributed by atoms with van der Waals surface area (Å²) in [7, 11) is 0. The third-order valence-corrected chi connectivity index (χ3v) is 4.04. The van der Waals surface area contributed by atoms with Gasteiger partial charge in [0.05, 0.1) is 10.6 Å². The summed E-state index contributed by atoms with van der Waals surface area (Å²) in [5, 5.41) is 9.58. The van der Waals surface area contributed by atoms with Gasteiger partial charge < -0.3 is 9.84 Å². The first kappa shape index (κ1) is 14.6. The lowest BCUT2D eigenvalue weighted by molar-refractivity contribution is 0.198. The number of aryl methyl sites for hydroxylation is 1. The number of aliphatic hydroxyl groups excluding tert-OH is 1. The van der Waals surface area contributed by atoms with Gasteiger partial charge in [-0.25, -0.2) is 0 Å². The van der Waals surface area contributed by atoms with Gasteiger partial charge in [0.1, 0.15) is 11.5 Å². The van der Waals surface area contributed by atoms with E-state index in [-0.39, 0.29) is 0 Å². The van der Waals surface area contributed by atoms with Gasteiger partial charge in [0.15, 0.2) is 0 Å². The van der Waals surface area contributed by atoms with Crippen LogP contribution in [0.15, 0.2) is 45.3 Å². The molecule has 0 saturated carbocycles. The minimum Gasteiger partial charge on any atom is -0.456 e. The van der Waals surface area contributed by atoms with Crippen molar-refractivity contribution >= 4 is 31.9 Å². The van der Waals surface area contributed by atoms with Crippen LogP contribution < -0.4 is 4.74 Å². The van der Waals surface area contributed by atoms with Crippen molar-refractivity contribution < 1.29 is 9.84 Å². The third kappa shape index (κ3) is 3.59. The predicted molar refractivity (Wildman–Crippen MR) is 83.7 cm³/mol. The minimum absolute atomic E-state index is 0.505. The fourth-order valence-electron chi connectivity index (χ4n) is 1.73. The molecule has 2 aromatic carbocycles. The molecule has 0 fully saturated rings. The van der Waals surface area contributed by atoms with Crippen molar-refractivity contribution in [2.75, 3.05) is 0 Å². The van der Waals surface area contributed by atoms with Crippen LogP contribution in [0.4, 0.5) is 0 Å². The number of benzene rings is 2. The van der Waals surface area contributed by atoms with E-state index in [2.05, 4.69) is 31.9 Å². The molecule has 0 saturated heterocycles. The summed E-state index contributed by atoms with van der Waals surface area (Å²) in [5.41, 5.74) is 2.01. The average molecular weight is 386 g/mol. The molecule has 19 heavy (non-hydrogen) atoms. The molecule has 2 aromatic rings. The van der Waals surface area contributed by atoms with E-state index < -0.39 is 6.10 Å². The SMILES string of the molecule is Cc1ccc(Oc2ccc(C(C)O)c(Br)c2)c(Br)c1. The molecule has 100 valence electrons. The molecule has 0 aliphatic heterocycles. The van der Waals surface area contributed by atoms with E-state index in [1.807, 2.05) is 43.3 Å². The molecule has 0 aromatic heterocycles. The van der Waals surface area contributed by atoms with Crippen molar-refractivity contribution in [3.05, 3.63) is 56.5 Å². The zero-order chi connectivity index (χ0) is 14.0. The highest BCUT2D eigenvalue weighted by Gasteiger charge is 2.09. The van der Waals surface area contributed by atoms with Crippen molar-refractivity contribution in [3.8, 4) is 11.5 Å². The molecule has 4 heteroatoms. The van der Waals surface area contributed by atoms with E-state index >= 15 is 0 Å². The highest BCUT2D eigenvalue weighted by molar-refractivity contribution is 9.10. The number of halogens is 2. The highest BCUT2D eigenvalue weighted by atomic mass is 79.9. The quantitative estimate of drug-likeness (QED) is 0.769. The summed E-state index contributed by atoms with van der Waals surface area (Å²) in [6.07, 6.45) is -0.505. The van der Waals surface area contributed by atoms with Crippen LogP contribution in [0.3, 0.4) is 0 Å². The second-order valence-electron chi connectivity index (χ2n) is 4.40. The molecule has 0 bridgehead atoms. The molecule has 1 atom stereocenters. The van der Waals surface area contributed by atoms with Crippen molar-refractivity contribution in [3.63, 3.8) is 0 Å². The van der Waals surface area contributed by atoms with Crippen LogP contribution in [0.2, 0.25) is 0 Å². The fourth-order valence-corrected chi connectivity index (χ4v) is 2.99. The molecule has 2 rings (SSSR count). The molecule has 2 nitrogen and oxygen atoms in total. The van der Waals surface area contributed by atoms with Crippen LogP contribution in [0.5, 0.6) is 11.5 Å². The lowest BCUT2D eigenvalue weighted by Gasteiger charge is -2.12. The topological polar surface area (TPSA) is 29.5 Å². The number of hydrogen-bond donors (Lipinski definition) is 1. The Bertz CT molecular complexity index is 595. The highest BCUT2D eigenvalue weighted by Crippen LogP contribution is 2.33. The third-order valence-electron chi connectivity index (χ3n) is 2.74. The normalized spacial score (nSPS) is 12.3. The molecule has 0 aliphatic carbocycles. The van der Waals surface area contributed by atoms with E-state index in [1.165, 1.54) is 5.56 Å². The van der Waals surface area contributed by atoms with Gasteiger partial charge in [0, 0.05) is 4.47 Å². The molecular formula is C15H14Br2O2. The number of aliphatic hydroxyl groups is 1. The van der Waals surface area contributed by atoms with Crippen LogP contribution >= 0.6 is 31.9 Å². The summed E-state index contributed by atoms with van der Waals surface area (Å²) in [6, 6.07) is 11.5. The number of ether oxygens (including phenoxy) is 1. The Morgan fingerprint density at radius 1 is 1.05 bits per heavy atom. The first-order valence-electron chi connectivity index (χ1n) is 5.89. The molecular weight excluding hydrogens is 372 g/mol. The standard InChI is InChI=1S/C15H14Br2O2/c1-9-3-6-15(14(17)7-9)19-11-4-5-12(10(2)18)13(16)8-11/h3-8,10,18H,1-2H3. The van der Waals surface area contributed by atoms with Crippen LogP contribution in [0.25, 0.3) is 0 Å². The maximum Gasteiger partial charge on any atom is 0.141 e. The molecule has 1 N–H and O–H groups in total. The van der Waals surface area contributed by atoms with Crippen molar-refractivity contribution in [2.24, 2.45) is 0 Å². The Balaban J connectivity index is 2.26. The first-order valence-corrected chi connectivity index (χ1v) is 7.47. The summed E-state index contributed by atoms with van der Waals surface area (Å²) >= 11 is 6.92. The Labute approximate surface area is 129 Å². The Kier molecular flexibility index (Phi) is 4.66. The lowest BCUT2D eigenvalue weighted by Crippen LogP contribution is -1.93. The molecule has 0 heterocycles. The van der Waals surface area contributed by atoms with Crippen LogP contribution in [0.1, 0.15) is 24.2 Å². The molecule has 0 radical (unpaired) electrons. The van der Waals surface area contributed by atoms with Gasteiger partial charge in [0.2, 0.25) is 0 Å². The second kappa shape index (κ2) is 6.07. The lowest BCUT2D eigenvalue weighted by atomic mass is 10.1. The summed E-state index contributed by atoms with van der Waals surface area (Å²) in [6.45, 7) is 3.76. The molecule has 0 amide bonds. The Morgan fingerprint density at radius 2 is 1.79 bits per heavy atom. The zero-order valence-electron chi connectivity index (χ0n) is 10.7.